The zero-order valence-corrected chi connectivity index (χ0v) is 10.5. The molecule has 0 fully saturated rings. The van der Waals surface area contributed by atoms with Crippen molar-refractivity contribution < 1.29 is 0 Å². The molecule has 0 heteroatoms. The molecular weight excluding hydrogens is 156 g/mol. The Hall–Kier alpha value is 0. The third kappa shape index (κ3) is 6.12. The van der Waals surface area contributed by atoms with Gasteiger partial charge in [-0.1, -0.05) is 54.4 Å². The highest BCUT2D eigenvalue weighted by atomic mass is 14.3. The Balaban J connectivity index is 3.86. The average molecular weight is 184 g/mol. The van der Waals surface area contributed by atoms with Crippen LogP contribution < -0.4 is 0 Å². The second kappa shape index (κ2) is 5.67. The fraction of sp³-hybridized carbons (Fsp3) is 1.00. The molecule has 0 aromatic rings. The molecule has 0 amide bonds. The standard InChI is InChI=1S/C13H28/c1-7-8-9-13(5,6)10-12(4)11(2)3/h11-12H,7-10H2,1-6H3. The lowest BCUT2D eigenvalue weighted by atomic mass is 9.76. The molecule has 1 atom stereocenters. The third-order valence-corrected chi connectivity index (χ3v) is 3.22. The fourth-order valence-electron chi connectivity index (χ4n) is 1.86. The third-order valence-electron chi connectivity index (χ3n) is 3.22. The van der Waals surface area contributed by atoms with Crippen LogP contribution in [-0.2, 0) is 0 Å². The van der Waals surface area contributed by atoms with Crippen molar-refractivity contribution in [1.82, 2.24) is 0 Å². The predicted molar refractivity (Wildman–Crippen MR) is 61.9 cm³/mol. The van der Waals surface area contributed by atoms with Gasteiger partial charge in [0.2, 0.25) is 0 Å². The molecule has 0 bridgehead atoms. The first-order valence-corrected chi connectivity index (χ1v) is 5.89. The molecule has 0 aliphatic rings. The van der Waals surface area contributed by atoms with Crippen molar-refractivity contribution in [2.75, 3.05) is 0 Å². The van der Waals surface area contributed by atoms with E-state index in [2.05, 4.69) is 41.5 Å². The summed E-state index contributed by atoms with van der Waals surface area (Å²) in [5.41, 5.74) is 0.555. The fourth-order valence-corrected chi connectivity index (χ4v) is 1.86. The van der Waals surface area contributed by atoms with E-state index in [-0.39, 0.29) is 0 Å². The van der Waals surface area contributed by atoms with Gasteiger partial charge in [-0.3, -0.25) is 0 Å². The molecule has 0 aromatic carbocycles. The van der Waals surface area contributed by atoms with Crippen molar-refractivity contribution in [3.05, 3.63) is 0 Å². The van der Waals surface area contributed by atoms with Gasteiger partial charge in [-0.25, -0.2) is 0 Å². The second-order valence-electron chi connectivity index (χ2n) is 5.69. The molecule has 0 aromatic heterocycles. The number of unbranched alkanes of at least 4 members (excludes halogenated alkanes) is 1. The van der Waals surface area contributed by atoms with Crippen LogP contribution in [0.3, 0.4) is 0 Å². The lowest BCUT2D eigenvalue weighted by Crippen LogP contribution is -2.18. The quantitative estimate of drug-likeness (QED) is 0.551. The molecule has 0 heterocycles. The zero-order valence-electron chi connectivity index (χ0n) is 10.5. The van der Waals surface area contributed by atoms with Crippen molar-refractivity contribution >= 4 is 0 Å². The second-order valence-corrected chi connectivity index (χ2v) is 5.69. The highest BCUT2D eigenvalue weighted by Crippen LogP contribution is 2.33. The Morgan fingerprint density at radius 2 is 1.62 bits per heavy atom. The summed E-state index contributed by atoms with van der Waals surface area (Å²) in [6.45, 7) is 14.2. The molecule has 1 unspecified atom stereocenters. The summed E-state index contributed by atoms with van der Waals surface area (Å²) < 4.78 is 0. The Morgan fingerprint density at radius 3 is 2.00 bits per heavy atom. The molecule has 0 aliphatic carbocycles. The van der Waals surface area contributed by atoms with Gasteiger partial charge >= 0.3 is 0 Å². The lowest BCUT2D eigenvalue weighted by molar-refractivity contribution is 0.218. The van der Waals surface area contributed by atoms with Gasteiger partial charge in [-0.05, 0) is 30.1 Å². The van der Waals surface area contributed by atoms with Gasteiger partial charge in [-0.2, -0.15) is 0 Å². The van der Waals surface area contributed by atoms with Crippen LogP contribution in [0.1, 0.15) is 67.2 Å². The Kier molecular flexibility index (Phi) is 5.67. The monoisotopic (exact) mass is 184 g/mol. The van der Waals surface area contributed by atoms with Crippen molar-refractivity contribution in [3.8, 4) is 0 Å². The van der Waals surface area contributed by atoms with Crippen LogP contribution in [0.15, 0.2) is 0 Å². The van der Waals surface area contributed by atoms with E-state index in [0.29, 0.717) is 5.41 Å². The number of hydrogen-bond acceptors (Lipinski definition) is 0. The molecular formula is C13H28. The van der Waals surface area contributed by atoms with E-state index in [9.17, 15) is 0 Å². The Bertz CT molecular complexity index is 122. The average Bonchev–Trinajstić information content (AvgIpc) is 2.00. The first kappa shape index (κ1) is 13.0. The highest BCUT2D eigenvalue weighted by Gasteiger charge is 2.21. The van der Waals surface area contributed by atoms with Crippen molar-refractivity contribution in [2.24, 2.45) is 17.3 Å². The predicted octanol–water partition coefficient (Wildman–Crippen LogP) is 4.89. The van der Waals surface area contributed by atoms with E-state index in [1.807, 2.05) is 0 Å². The Labute approximate surface area is 85.1 Å². The van der Waals surface area contributed by atoms with Gasteiger partial charge < -0.3 is 0 Å². The Morgan fingerprint density at radius 1 is 1.08 bits per heavy atom. The summed E-state index contributed by atoms with van der Waals surface area (Å²) >= 11 is 0. The molecule has 0 nitrogen and oxygen atoms in total. The minimum atomic E-state index is 0.555. The topological polar surface area (TPSA) is 0 Å². The minimum absolute atomic E-state index is 0.555. The van der Waals surface area contributed by atoms with E-state index >= 15 is 0 Å². The zero-order chi connectivity index (χ0) is 10.5. The normalized spacial score (nSPS) is 15.0. The maximum absolute atomic E-state index is 2.42. The maximum Gasteiger partial charge on any atom is -0.0352 e. The van der Waals surface area contributed by atoms with Crippen LogP contribution in [0.4, 0.5) is 0 Å². The molecule has 0 rings (SSSR count). The van der Waals surface area contributed by atoms with Crippen LogP contribution in [0.2, 0.25) is 0 Å². The lowest BCUT2D eigenvalue weighted by Gasteiger charge is -2.29. The molecule has 0 saturated carbocycles. The van der Waals surface area contributed by atoms with Crippen molar-refractivity contribution in [3.63, 3.8) is 0 Å². The molecule has 0 aliphatic heterocycles. The van der Waals surface area contributed by atoms with E-state index < -0.39 is 0 Å². The first-order chi connectivity index (χ1) is 5.89. The molecule has 80 valence electrons. The summed E-state index contributed by atoms with van der Waals surface area (Å²) in [6.07, 6.45) is 5.49. The van der Waals surface area contributed by atoms with Crippen LogP contribution in [0.5, 0.6) is 0 Å². The number of hydrogen-bond donors (Lipinski definition) is 0. The smallest absolute Gasteiger partial charge is 0.0352 e. The largest absolute Gasteiger partial charge is 0.0654 e. The summed E-state index contributed by atoms with van der Waals surface area (Å²) in [5.74, 6) is 1.70. The maximum atomic E-state index is 2.42. The molecule has 0 spiro atoms. The van der Waals surface area contributed by atoms with Gasteiger partial charge in [0.1, 0.15) is 0 Å². The summed E-state index contributed by atoms with van der Waals surface area (Å²) in [4.78, 5) is 0. The van der Waals surface area contributed by atoms with Crippen LogP contribution >= 0.6 is 0 Å². The summed E-state index contributed by atoms with van der Waals surface area (Å²) in [5, 5.41) is 0. The molecule has 0 N–H and O–H groups in total. The molecule has 0 radical (unpaired) electrons. The molecule has 0 saturated heterocycles. The van der Waals surface area contributed by atoms with Crippen LogP contribution in [0.25, 0.3) is 0 Å². The van der Waals surface area contributed by atoms with Crippen LogP contribution in [0, 0.1) is 17.3 Å². The first-order valence-electron chi connectivity index (χ1n) is 5.89. The van der Waals surface area contributed by atoms with Gasteiger partial charge in [-0.15, -0.1) is 0 Å². The van der Waals surface area contributed by atoms with Gasteiger partial charge in [0.25, 0.3) is 0 Å². The van der Waals surface area contributed by atoms with Crippen molar-refractivity contribution in [2.45, 2.75) is 67.2 Å². The summed E-state index contributed by atoms with van der Waals surface area (Å²) in [6, 6.07) is 0. The van der Waals surface area contributed by atoms with Gasteiger partial charge in [0.05, 0.1) is 0 Å². The summed E-state index contributed by atoms with van der Waals surface area (Å²) in [7, 11) is 0. The van der Waals surface area contributed by atoms with Gasteiger partial charge in [0, 0.05) is 0 Å². The van der Waals surface area contributed by atoms with E-state index in [4.69, 9.17) is 0 Å². The van der Waals surface area contributed by atoms with Gasteiger partial charge in [0.15, 0.2) is 0 Å². The minimum Gasteiger partial charge on any atom is -0.0654 e. The highest BCUT2D eigenvalue weighted by molar-refractivity contribution is 4.73. The van der Waals surface area contributed by atoms with E-state index in [0.717, 1.165) is 11.8 Å². The van der Waals surface area contributed by atoms with E-state index in [1.54, 1.807) is 0 Å². The van der Waals surface area contributed by atoms with Crippen molar-refractivity contribution in [1.29, 1.82) is 0 Å². The van der Waals surface area contributed by atoms with Crippen LogP contribution in [-0.4, -0.2) is 0 Å². The molecule has 13 heavy (non-hydrogen) atoms. The SMILES string of the molecule is CCCCC(C)(C)CC(C)C(C)C. The van der Waals surface area contributed by atoms with E-state index in [1.165, 1.54) is 25.7 Å². The number of rotatable bonds is 6.